The van der Waals surface area contributed by atoms with Crippen LogP contribution in [0.4, 0.5) is 0 Å². The van der Waals surface area contributed by atoms with Gasteiger partial charge in [-0.25, -0.2) is 0 Å². The second kappa shape index (κ2) is 4.30. The summed E-state index contributed by atoms with van der Waals surface area (Å²) in [6.45, 7) is 3.93. The van der Waals surface area contributed by atoms with Crippen molar-refractivity contribution in [2.45, 2.75) is 51.1 Å². The first-order chi connectivity index (χ1) is 6.77. The Balaban J connectivity index is 1.79. The van der Waals surface area contributed by atoms with Gasteiger partial charge < -0.3 is 10.2 Å². The van der Waals surface area contributed by atoms with Crippen LogP contribution in [0.3, 0.4) is 0 Å². The molecule has 1 aliphatic carbocycles. The van der Waals surface area contributed by atoms with E-state index in [1.165, 1.54) is 32.1 Å². The van der Waals surface area contributed by atoms with Crippen molar-refractivity contribution in [3.8, 4) is 0 Å². The van der Waals surface area contributed by atoms with Crippen LogP contribution in [0, 0.1) is 0 Å². The van der Waals surface area contributed by atoms with E-state index >= 15 is 0 Å². The fraction of sp³-hybridized carbons (Fsp3) is 0.909. The first-order valence-corrected chi connectivity index (χ1v) is 5.82. The average Bonchev–Trinajstić information content (AvgIpc) is 3.02. The van der Waals surface area contributed by atoms with E-state index in [0.29, 0.717) is 11.9 Å². The molecule has 0 aromatic rings. The summed E-state index contributed by atoms with van der Waals surface area (Å²) in [7, 11) is 0. The summed E-state index contributed by atoms with van der Waals surface area (Å²) in [4.78, 5) is 13.9. The molecular weight excluding hydrogens is 176 g/mol. The molecule has 2 rings (SSSR count). The minimum absolute atomic E-state index is 0.0283. The Morgan fingerprint density at radius 2 is 1.93 bits per heavy atom. The van der Waals surface area contributed by atoms with Gasteiger partial charge in [0.2, 0.25) is 5.91 Å². The van der Waals surface area contributed by atoms with Gasteiger partial charge in [-0.15, -0.1) is 0 Å². The highest BCUT2D eigenvalue weighted by molar-refractivity contribution is 5.81. The molecule has 1 aliphatic heterocycles. The fourth-order valence-electron chi connectivity index (χ4n) is 2.06. The smallest absolute Gasteiger partial charge is 0.239 e. The van der Waals surface area contributed by atoms with Crippen molar-refractivity contribution in [1.82, 2.24) is 10.2 Å². The maximum Gasteiger partial charge on any atom is 0.239 e. The number of carbonyl (C=O) groups excluding carboxylic acids is 1. The van der Waals surface area contributed by atoms with Crippen molar-refractivity contribution in [1.29, 1.82) is 0 Å². The topological polar surface area (TPSA) is 32.3 Å². The predicted molar refractivity (Wildman–Crippen MR) is 56.1 cm³/mol. The van der Waals surface area contributed by atoms with Gasteiger partial charge in [-0.2, -0.15) is 0 Å². The fourth-order valence-corrected chi connectivity index (χ4v) is 2.06. The third kappa shape index (κ3) is 2.47. The third-order valence-corrected chi connectivity index (χ3v) is 3.10. The summed E-state index contributed by atoms with van der Waals surface area (Å²) in [5.41, 5.74) is 0. The molecule has 0 aromatic heterocycles. The molecule has 0 spiro atoms. The number of carbonyl (C=O) groups is 1. The maximum absolute atomic E-state index is 11.9. The Bertz CT molecular complexity index is 207. The Hall–Kier alpha value is -0.570. The zero-order valence-electron chi connectivity index (χ0n) is 8.96. The Kier molecular flexibility index (Phi) is 3.06. The highest BCUT2D eigenvalue weighted by atomic mass is 16.2. The molecule has 0 radical (unpaired) electrons. The molecule has 1 N–H and O–H groups in total. The van der Waals surface area contributed by atoms with E-state index in [2.05, 4.69) is 5.32 Å². The van der Waals surface area contributed by atoms with Gasteiger partial charge in [0.05, 0.1) is 6.04 Å². The summed E-state index contributed by atoms with van der Waals surface area (Å²) in [6.07, 6.45) is 6.15. The molecule has 80 valence electrons. The van der Waals surface area contributed by atoms with E-state index in [4.69, 9.17) is 0 Å². The van der Waals surface area contributed by atoms with Gasteiger partial charge in [0.15, 0.2) is 0 Å². The van der Waals surface area contributed by atoms with E-state index in [0.717, 1.165) is 13.1 Å². The number of nitrogens with zero attached hydrogens (tertiary/aromatic N) is 1. The van der Waals surface area contributed by atoms with Crippen molar-refractivity contribution in [3.63, 3.8) is 0 Å². The summed E-state index contributed by atoms with van der Waals surface area (Å²) < 4.78 is 0. The Labute approximate surface area is 85.8 Å². The molecule has 3 heteroatoms. The molecule has 1 heterocycles. The quantitative estimate of drug-likeness (QED) is 0.734. The second-order valence-electron chi connectivity index (χ2n) is 4.55. The van der Waals surface area contributed by atoms with Crippen LogP contribution in [-0.4, -0.2) is 36.0 Å². The van der Waals surface area contributed by atoms with Crippen LogP contribution in [0.25, 0.3) is 0 Å². The van der Waals surface area contributed by atoms with E-state index in [9.17, 15) is 4.79 Å². The summed E-state index contributed by atoms with van der Waals surface area (Å²) in [6, 6.07) is 0.652. The molecule has 3 nitrogen and oxygen atoms in total. The van der Waals surface area contributed by atoms with Crippen LogP contribution in [0.2, 0.25) is 0 Å². The second-order valence-corrected chi connectivity index (χ2v) is 4.55. The molecule has 2 aliphatic rings. The van der Waals surface area contributed by atoms with E-state index in [-0.39, 0.29) is 6.04 Å². The van der Waals surface area contributed by atoms with Crippen molar-refractivity contribution in [2.24, 2.45) is 0 Å². The van der Waals surface area contributed by atoms with Crippen LogP contribution < -0.4 is 5.32 Å². The molecule has 0 aromatic carbocycles. The SMILES string of the molecule is CC(NC1CC1)C(=O)N1CCCCC1. The van der Waals surface area contributed by atoms with Gasteiger partial charge in [0.25, 0.3) is 0 Å². The van der Waals surface area contributed by atoms with Crippen molar-refractivity contribution in [2.75, 3.05) is 13.1 Å². The molecule has 1 saturated heterocycles. The van der Waals surface area contributed by atoms with Gasteiger partial charge in [0, 0.05) is 19.1 Å². The molecular formula is C11H20N2O. The molecule has 2 fully saturated rings. The maximum atomic E-state index is 11.9. The molecule has 0 bridgehead atoms. The van der Waals surface area contributed by atoms with E-state index < -0.39 is 0 Å². The summed E-state index contributed by atoms with van der Waals surface area (Å²) >= 11 is 0. The van der Waals surface area contributed by atoms with Crippen LogP contribution in [-0.2, 0) is 4.79 Å². The lowest BCUT2D eigenvalue weighted by atomic mass is 10.1. The highest BCUT2D eigenvalue weighted by Gasteiger charge is 2.28. The first-order valence-electron chi connectivity index (χ1n) is 5.82. The number of piperidine rings is 1. The van der Waals surface area contributed by atoms with Crippen LogP contribution in [0.5, 0.6) is 0 Å². The lowest BCUT2D eigenvalue weighted by molar-refractivity contribution is -0.133. The van der Waals surface area contributed by atoms with E-state index in [1.54, 1.807) is 0 Å². The Morgan fingerprint density at radius 3 is 2.50 bits per heavy atom. The van der Waals surface area contributed by atoms with Crippen LogP contribution in [0.1, 0.15) is 39.0 Å². The standard InChI is InChI=1S/C11H20N2O/c1-9(12-10-5-6-10)11(14)13-7-3-2-4-8-13/h9-10,12H,2-8H2,1H3. The largest absolute Gasteiger partial charge is 0.341 e. The van der Waals surface area contributed by atoms with Gasteiger partial charge in [-0.05, 0) is 39.0 Å². The predicted octanol–water partition coefficient (Wildman–Crippen LogP) is 1.14. The zero-order chi connectivity index (χ0) is 9.97. The molecule has 14 heavy (non-hydrogen) atoms. The number of amides is 1. The van der Waals surface area contributed by atoms with Crippen LogP contribution in [0.15, 0.2) is 0 Å². The number of hydrogen-bond donors (Lipinski definition) is 1. The third-order valence-electron chi connectivity index (χ3n) is 3.10. The number of likely N-dealkylation sites (tertiary alicyclic amines) is 1. The summed E-state index contributed by atoms with van der Waals surface area (Å²) in [5.74, 6) is 0.302. The molecule has 1 atom stereocenters. The van der Waals surface area contributed by atoms with Crippen molar-refractivity contribution < 1.29 is 4.79 Å². The van der Waals surface area contributed by atoms with Gasteiger partial charge in [0.1, 0.15) is 0 Å². The summed E-state index contributed by atoms with van der Waals surface area (Å²) in [5, 5.41) is 3.36. The number of hydrogen-bond acceptors (Lipinski definition) is 2. The van der Waals surface area contributed by atoms with Gasteiger partial charge in [-0.3, -0.25) is 4.79 Å². The molecule has 1 saturated carbocycles. The van der Waals surface area contributed by atoms with Crippen LogP contribution >= 0.6 is 0 Å². The normalized spacial score (nSPS) is 24.8. The number of nitrogens with one attached hydrogen (secondary N) is 1. The van der Waals surface area contributed by atoms with Crippen molar-refractivity contribution >= 4 is 5.91 Å². The molecule has 1 unspecified atom stereocenters. The minimum atomic E-state index is 0.0283. The van der Waals surface area contributed by atoms with E-state index in [1.807, 2.05) is 11.8 Å². The lowest BCUT2D eigenvalue weighted by Crippen LogP contribution is -2.47. The first kappa shape index (κ1) is 9.97. The van der Waals surface area contributed by atoms with Gasteiger partial charge >= 0.3 is 0 Å². The lowest BCUT2D eigenvalue weighted by Gasteiger charge is -2.29. The average molecular weight is 196 g/mol. The zero-order valence-corrected chi connectivity index (χ0v) is 8.96. The minimum Gasteiger partial charge on any atom is -0.341 e. The van der Waals surface area contributed by atoms with Crippen molar-refractivity contribution in [3.05, 3.63) is 0 Å². The number of rotatable bonds is 3. The molecule has 1 amide bonds. The highest BCUT2D eigenvalue weighted by Crippen LogP contribution is 2.20. The Morgan fingerprint density at radius 1 is 1.29 bits per heavy atom. The van der Waals surface area contributed by atoms with Gasteiger partial charge in [-0.1, -0.05) is 0 Å². The monoisotopic (exact) mass is 196 g/mol.